The number of amides is 2. The summed E-state index contributed by atoms with van der Waals surface area (Å²) in [5, 5.41) is 2.60. The van der Waals surface area contributed by atoms with E-state index in [0.717, 1.165) is 0 Å². The van der Waals surface area contributed by atoms with Crippen LogP contribution >= 0.6 is 0 Å². The lowest BCUT2D eigenvalue weighted by atomic mass is 10.2. The highest BCUT2D eigenvalue weighted by atomic mass is 16.5. The van der Waals surface area contributed by atoms with Gasteiger partial charge in [0.25, 0.3) is 5.91 Å². The van der Waals surface area contributed by atoms with Crippen LogP contribution in [0.5, 0.6) is 5.75 Å². The zero-order valence-corrected chi connectivity index (χ0v) is 9.53. The molecular weight excluding hydrogens is 220 g/mol. The maximum Gasteiger partial charge on any atom is 0.251 e. The van der Waals surface area contributed by atoms with Gasteiger partial charge in [0.15, 0.2) is 0 Å². The molecule has 5 nitrogen and oxygen atoms in total. The van der Waals surface area contributed by atoms with E-state index in [1.807, 2.05) is 0 Å². The lowest BCUT2D eigenvalue weighted by Crippen LogP contribution is -2.19. The van der Waals surface area contributed by atoms with Gasteiger partial charge in [-0.25, -0.2) is 0 Å². The number of primary amides is 1. The normalized spacial score (nSPS) is 9.47. The Hall–Kier alpha value is -2.30. The van der Waals surface area contributed by atoms with Gasteiger partial charge in [0.2, 0.25) is 5.91 Å². The van der Waals surface area contributed by atoms with Gasteiger partial charge in [-0.3, -0.25) is 9.59 Å². The Morgan fingerprint density at radius 1 is 1.35 bits per heavy atom. The first-order valence-corrected chi connectivity index (χ1v) is 4.94. The fourth-order valence-corrected chi connectivity index (χ4v) is 1.18. The molecule has 0 unspecified atom stereocenters. The van der Waals surface area contributed by atoms with Crippen molar-refractivity contribution in [2.75, 3.05) is 12.4 Å². The molecule has 5 heteroatoms. The number of hydrogen-bond acceptors (Lipinski definition) is 3. The molecule has 0 aromatic heterocycles. The average molecular weight is 234 g/mol. The number of ether oxygens (including phenoxy) is 1. The van der Waals surface area contributed by atoms with Crippen LogP contribution in [-0.2, 0) is 9.59 Å². The predicted molar refractivity (Wildman–Crippen MR) is 64.6 cm³/mol. The molecule has 0 aliphatic rings. The number of benzene rings is 1. The van der Waals surface area contributed by atoms with Crippen LogP contribution < -0.4 is 15.8 Å². The smallest absolute Gasteiger partial charge is 0.251 e. The lowest BCUT2D eigenvalue weighted by Gasteiger charge is -2.07. The molecule has 0 aliphatic heterocycles. The first-order valence-electron chi connectivity index (χ1n) is 4.94. The number of nitrogens with one attached hydrogen (secondary N) is 1. The van der Waals surface area contributed by atoms with Crippen molar-refractivity contribution in [3.63, 3.8) is 0 Å². The van der Waals surface area contributed by atoms with E-state index >= 15 is 0 Å². The molecule has 17 heavy (non-hydrogen) atoms. The van der Waals surface area contributed by atoms with Crippen LogP contribution in [0.4, 0.5) is 5.69 Å². The van der Waals surface area contributed by atoms with Crippen LogP contribution in [-0.4, -0.2) is 18.9 Å². The van der Waals surface area contributed by atoms with Gasteiger partial charge in [0.05, 0.1) is 13.5 Å². The fourth-order valence-electron chi connectivity index (χ4n) is 1.18. The summed E-state index contributed by atoms with van der Waals surface area (Å²) in [6, 6.07) is 6.81. The third-order valence-corrected chi connectivity index (χ3v) is 2.06. The third-order valence-electron chi connectivity index (χ3n) is 2.06. The first kappa shape index (κ1) is 12.8. The predicted octanol–water partition coefficient (Wildman–Crippen LogP) is 1.07. The van der Waals surface area contributed by atoms with Gasteiger partial charge >= 0.3 is 0 Å². The van der Waals surface area contributed by atoms with Gasteiger partial charge < -0.3 is 15.8 Å². The highest BCUT2D eigenvalue weighted by Gasteiger charge is 2.09. The fraction of sp³-hybridized carbons (Fsp3) is 0.167. The van der Waals surface area contributed by atoms with Crippen molar-refractivity contribution in [1.82, 2.24) is 0 Å². The highest BCUT2D eigenvalue weighted by Crippen LogP contribution is 2.15. The Labute approximate surface area is 99.3 Å². The average Bonchev–Trinajstić information content (AvgIpc) is 2.29. The molecule has 2 amide bonds. The zero-order chi connectivity index (χ0) is 12.8. The largest absolute Gasteiger partial charge is 0.497 e. The summed E-state index contributed by atoms with van der Waals surface area (Å²) in [6.07, 6.45) is -0.151. The minimum atomic E-state index is -0.583. The Bertz CT molecular complexity index is 438. The molecule has 0 bridgehead atoms. The van der Waals surface area contributed by atoms with Crippen molar-refractivity contribution in [3.8, 4) is 5.75 Å². The number of anilines is 1. The van der Waals surface area contributed by atoms with E-state index < -0.39 is 11.8 Å². The molecule has 0 heterocycles. The number of rotatable bonds is 5. The van der Waals surface area contributed by atoms with Gasteiger partial charge in [0, 0.05) is 11.3 Å². The van der Waals surface area contributed by atoms with Crippen molar-refractivity contribution in [2.24, 2.45) is 5.73 Å². The van der Waals surface area contributed by atoms with E-state index in [0.29, 0.717) is 11.4 Å². The Morgan fingerprint density at radius 3 is 2.41 bits per heavy atom. The lowest BCUT2D eigenvalue weighted by molar-refractivity contribution is -0.119. The molecule has 0 spiro atoms. The molecule has 0 fully saturated rings. The molecule has 0 atom stereocenters. The third kappa shape index (κ3) is 3.98. The topological polar surface area (TPSA) is 81.4 Å². The monoisotopic (exact) mass is 234 g/mol. The summed E-state index contributed by atoms with van der Waals surface area (Å²) < 4.78 is 4.98. The molecule has 0 saturated carbocycles. The molecule has 3 N–H and O–H groups in total. The number of carbonyl (C=O) groups excluding carboxylic acids is 2. The van der Waals surface area contributed by atoms with Crippen LogP contribution in [0.15, 0.2) is 36.4 Å². The summed E-state index contributed by atoms with van der Waals surface area (Å²) in [5.74, 6) is -0.312. The highest BCUT2D eigenvalue weighted by molar-refractivity contribution is 6.06. The molecule has 1 aromatic carbocycles. The summed E-state index contributed by atoms with van der Waals surface area (Å²) >= 11 is 0. The zero-order valence-electron chi connectivity index (χ0n) is 9.53. The summed E-state index contributed by atoms with van der Waals surface area (Å²) in [5.41, 5.74) is 5.70. The van der Waals surface area contributed by atoms with E-state index in [-0.39, 0.29) is 12.0 Å². The molecule has 1 aromatic rings. The molecule has 0 saturated heterocycles. The minimum absolute atomic E-state index is 0.133. The van der Waals surface area contributed by atoms with Crippen LogP contribution in [0.2, 0.25) is 0 Å². The Balaban J connectivity index is 2.61. The summed E-state index contributed by atoms with van der Waals surface area (Å²) in [7, 11) is 1.56. The number of nitrogens with two attached hydrogens (primary N) is 1. The minimum Gasteiger partial charge on any atom is -0.497 e. The molecule has 0 radical (unpaired) electrons. The van der Waals surface area contributed by atoms with Gasteiger partial charge in [-0.2, -0.15) is 0 Å². The quantitative estimate of drug-likeness (QED) is 0.747. The van der Waals surface area contributed by atoms with Crippen molar-refractivity contribution in [2.45, 2.75) is 6.42 Å². The van der Waals surface area contributed by atoms with Crippen LogP contribution in [0, 0.1) is 0 Å². The van der Waals surface area contributed by atoms with E-state index in [1.165, 1.54) is 0 Å². The van der Waals surface area contributed by atoms with Crippen molar-refractivity contribution >= 4 is 17.5 Å². The van der Waals surface area contributed by atoms with Crippen molar-refractivity contribution < 1.29 is 14.3 Å². The summed E-state index contributed by atoms with van der Waals surface area (Å²) in [4.78, 5) is 22.2. The van der Waals surface area contributed by atoms with Gasteiger partial charge in [-0.15, -0.1) is 0 Å². The Kier molecular flexibility index (Phi) is 4.28. The summed E-state index contributed by atoms with van der Waals surface area (Å²) in [6.45, 7) is 3.49. The first-order chi connectivity index (χ1) is 8.02. The van der Waals surface area contributed by atoms with E-state index in [4.69, 9.17) is 10.5 Å². The van der Waals surface area contributed by atoms with E-state index in [9.17, 15) is 9.59 Å². The molecule has 90 valence electrons. The molecular formula is C12H14N2O3. The van der Waals surface area contributed by atoms with Crippen LogP contribution in [0.3, 0.4) is 0 Å². The number of hydrogen-bond donors (Lipinski definition) is 2. The molecule has 0 aliphatic carbocycles. The second kappa shape index (κ2) is 5.69. The van der Waals surface area contributed by atoms with E-state index in [2.05, 4.69) is 11.9 Å². The van der Waals surface area contributed by atoms with E-state index in [1.54, 1.807) is 31.4 Å². The maximum atomic E-state index is 11.6. The maximum absolute atomic E-state index is 11.6. The second-order valence-corrected chi connectivity index (χ2v) is 3.43. The second-order valence-electron chi connectivity index (χ2n) is 3.43. The van der Waals surface area contributed by atoms with Gasteiger partial charge in [0.1, 0.15) is 5.75 Å². The van der Waals surface area contributed by atoms with Crippen LogP contribution in [0.1, 0.15) is 6.42 Å². The number of methoxy groups -OCH3 is 1. The van der Waals surface area contributed by atoms with Crippen LogP contribution in [0.25, 0.3) is 0 Å². The SMILES string of the molecule is C=C(CC(N)=O)C(=O)Nc1ccc(OC)cc1. The Morgan fingerprint density at radius 2 is 1.94 bits per heavy atom. The molecule has 1 rings (SSSR count). The number of carbonyl (C=O) groups is 2. The van der Waals surface area contributed by atoms with Crippen molar-refractivity contribution in [1.29, 1.82) is 0 Å². The van der Waals surface area contributed by atoms with Gasteiger partial charge in [-0.05, 0) is 24.3 Å². The van der Waals surface area contributed by atoms with Crippen molar-refractivity contribution in [3.05, 3.63) is 36.4 Å². The van der Waals surface area contributed by atoms with Gasteiger partial charge in [-0.1, -0.05) is 6.58 Å². The standard InChI is InChI=1S/C12H14N2O3/c1-8(7-11(13)15)12(16)14-9-3-5-10(17-2)6-4-9/h3-6H,1,7H2,2H3,(H2,13,15)(H,14,16).